The third kappa shape index (κ3) is 1.36. The molecule has 2 bridgehead atoms. The first-order valence-electron chi connectivity index (χ1n) is 5.45. The summed E-state index contributed by atoms with van der Waals surface area (Å²) in [5.41, 5.74) is 0. The maximum absolute atomic E-state index is 5.52. The first kappa shape index (κ1) is 8.48. The third-order valence-electron chi connectivity index (χ3n) is 3.57. The first-order chi connectivity index (χ1) is 6.81. The molecule has 3 nitrogen and oxygen atoms in total. The largest absolute Gasteiger partial charge is 0.446 e. The van der Waals surface area contributed by atoms with Crippen LogP contribution in [0.15, 0.2) is 10.6 Å². The second-order valence-corrected chi connectivity index (χ2v) is 4.64. The second kappa shape index (κ2) is 3.09. The van der Waals surface area contributed by atoms with E-state index in [4.69, 9.17) is 4.42 Å². The van der Waals surface area contributed by atoms with Gasteiger partial charge in [0.1, 0.15) is 5.76 Å². The Labute approximate surface area is 84.1 Å². The molecule has 14 heavy (non-hydrogen) atoms. The van der Waals surface area contributed by atoms with Crippen molar-refractivity contribution in [2.45, 2.75) is 19.8 Å². The van der Waals surface area contributed by atoms with Crippen LogP contribution in [0.4, 0.5) is 0 Å². The lowest BCUT2D eigenvalue weighted by molar-refractivity contribution is 0.284. The van der Waals surface area contributed by atoms with E-state index in [0.29, 0.717) is 0 Å². The summed E-state index contributed by atoms with van der Waals surface area (Å²) in [7, 11) is 0. The van der Waals surface area contributed by atoms with Crippen molar-refractivity contribution in [3.8, 4) is 0 Å². The molecular formula is C11H16N2O. The van der Waals surface area contributed by atoms with Crippen LogP contribution < -0.4 is 0 Å². The zero-order valence-corrected chi connectivity index (χ0v) is 8.57. The van der Waals surface area contributed by atoms with Crippen molar-refractivity contribution in [3.63, 3.8) is 0 Å². The van der Waals surface area contributed by atoms with Crippen LogP contribution in [-0.4, -0.2) is 29.5 Å². The first-order valence-corrected chi connectivity index (χ1v) is 5.45. The molecule has 0 aromatic carbocycles. The molecule has 3 unspecified atom stereocenters. The lowest BCUT2D eigenvalue weighted by Gasteiger charge is -2.20. The second-order valence-electron chi connectivity index (χ2n) is 4.64. The fourth-order valence-corrected chi connectivity index (χ4v) is 2.85. The highest BCUT2D eigenvalue weighted by atomic mass is 16.4. The minimum atomic E-state index is 0.793. The molecule has 2 fully saturated rings. The molecule has 0 spiro atoms. The lowest BCUT2D eigenvalue weighted by Crippen LogP contribution is -2.24. The Kier molecular flexibility index (Phi) is 1.87. The van der Waals surface area contributed by atoms with Gasteiger partial charge in [0.15, 0.2) is 5.89 Å². The van der Waals surface area contributed by atoms with Crippen LogP contribution >= 0.6 is 0 Å². The summed E-state index contributed by atoms with van der Waals surface area (Å²) in [5, 5.41) is 0. The Morgan fingerprint density at radius 3 is 3.07 bits per heavy atom. The molecule has 3 rings (SSSR count). The van der Waals surface area contributed by atoms with Crippen LogP contribution in [0.25, 0.3) is 0 Å². The SMILES string of the molecule is Cc1cnc(CC2CN3CCC2C3)o1. The highest BCUT2D eigenvalue weighted by molar-refractivity contribution is 4.97. The fraction of sp³-hybridized carbons (Fsp3) is 0.727. The molecule has 2 aliphatic rings. The average molecular weight is 192 g/mol. The van der Waals surface area contributed by atoms with Gasteiger partial charge in [0, 0.05) is 19.5 Å². The van der Waals surface area contributed by atoms with Gasteiger partial charge >= 0.3 is 0 Å². The van der Waals surface area contributed by atoms with E-state index in [9.17, 15) is 0 Å². The van der Waals surface area contributed by atoms with Gasteiger partial charge in [-0.15, -0.1) is 0 Å². The normalized spacial score (nSPS) is 35.4. The lowest BCUT2D eigenvalue weighted by atomic mass is 9.90. The molecule has 2 aliphatic heterocycles. The summed E-state index contributed by atoms with van der Waals surface area (Å²) < 4.78 is 5.52. The van der Waals surface area contributed by atoms with Gasteiger partial charge in [0.2, 0.25) is 0 Å². The number of hydrogen-bond acceptors (Lipinski definition) is 3. The van der Waals surface area contributed by atoms with Crippen molar-refractivity contribution in [1.82, 2.24) is 9.88 Å². The predicted molar refractivity (Wildman–Crippen MR) is 53.0 cm³/mol. The summed E-state index contributed by atoms with van der Waals surface area (Å²) in [4.78, 5) is 6.84. The van der Waals surface area contributed by atoms with Gasteiger partial charge in [-0.2, -0.15) is 0 Å². The standard InChI is InChI=1S/C11H16N2O/c1-8-5-12-11(14-8)4-10-7-13-3-2-9(10)6-13/h5,9-10H,2-4,6-7H2,1H3. The van der Waals surface area contributed by atoms with E-state index in [1.54, 1.807) is 0 Å². The summed E-state index contributed by atoms with van der Waals surface area (Å²) in [6, 6.07) is 0. The van der Waals surface area contributed by atoms with Crippen molar-refractivity contribution in [1.29, 1.82) is 0 Å². The van der Waals surface area contributed by atoms with E-state index in [2.05, 4.69) is 9.88 Å². The van der Waals surface area contributed by atoms with Crippen molar-refractivity contribution in [3.05, 3.63) is 17.8 Å². The Morgan fingerprint density at radius 2 is 2.50 bits per heavy atom. The van der Waals surface area contributed by atoms with Crippen LogP contribution in [0.1, 0.15) is 18.1 Å². The summed E-state index contributed by atoms with van der Waals surface area (Å²) in [6.45, 7) is 5.84. The van der Waals surface area contributed by atoms with Crippen LogP contribution in [0.3, 0.4) is 0 Å². The highest BCUT2D eigenvalue weighted by Crippen LogP contribution is 2.34. The quantitative estimate of drug-likeness (QED) is 0.710. The minimum Gasteiger partial charge on any atom is -0.446 e. The monoisotopic (exact) mass is 192 g/mol. The molecule has 2 saturated heterocycles. The highest BCUT2D eigenvalue weighted by Gasteiger charge is 2.38. The number of hydrogen-bond donors (Lipinski definition) is 0. The van der Waals surface area contributed by atoms with Crippen LogP contribution in [0, 0.1) is 18.8 Å². The van der Waals surface area contributed by atoms with Gasteiger partial charge < -0.3 is 9.32 Å². The molecule has 0 aliphatic carbocycles. The van der Waals surface area contributed by atoms with Crippen molar-refractivity contribution >= 4 is 0 Å². The zero-order chi connectivity index (χ0) is 9.54. The van der Waals surface area contributed by atoms with E-state index < -0.39 is 0 Å². The van der Waals surface area contributed by atoms with Crippen molar-refractivity contribution in [2.24, 2.45) is 11.8 Å². The zero-order valence-electron chi connectivity index (χ0n) is 8.57. The van der Waals surface area contributed by atoms with Gasteiger partial charge in [-0.05, 0) is 31.7 Å². The fourth-order valence-electron chi connectivity index (χ4n) is 2.85. The number of oxazole rings is 1. The molecular weight excluding hydrogens is 176 g/mol. The molecule has 0 saturated carbocycles. The molecule has 3 heterocycles. The number of piperidine rings is 1. The number of nitrogens with zero attached hydrogens (tertiary/aromatic N) is 2. The number of aryl methyl sites for hydroxylation is 1. The molecule has 3 heteroatoms. The summed E-state index contributed by atoms with van der Waals surface area (Å²) in [5.74, 6) is 3.56. The summed E-state index contributed by atoms with van der Waals surface area (Å²) >= 11 is 0. The Hall–Kier alpha value is -0.830. The van der Waals surface area contributed by atoms with Crippen molar-refractivity contribution < 1.29 is 4.42 Å². The topological polar surface area (TPSA) is 29.3 Å². The third-order valence-corrected chi connectivity index (χ3v) is 3.57. The van der Waals surface area contributed by atoms with Crippen LogP contribution in [-0.2, 0) is 6.42 Å². The molecule has 1 aromatic heterocycles. The van der Waals surface area contributed by atoms with E-state index in [0.717, 1.165) is 29.9 Å². The Balaban J connectivity index is 1.68. The van der Waals surface area contributed by atoms with Gasteiger partial charge in [-0.25, -0.2) is 4.98 Å². The van der Waals surface area contributed by atoms with Gasteiger partial charge in [0.25, 0.3) is 0 Å². The van der Waals surface area contributed by atoms with E-state index in [1.807, 2.05) is 13.1 Å². The maximum atomic E-state index is 5.52. The van der Waals surface area contributed by atoms with E-state index in [-0.39, 0.29) is 0 Å². The van der Waals surface area contributed by atoms with Crippen LogP contribution in [0.2, 0.25) is 0 Å². The number of rotatable bonds is 2. The van der Waals surface area contributed by atoms with E-state index >= 15 is 0 Å². The Morgan fingerprint density at radius 1 is 1.57 bits per heavy atom. The number of fused-ring (bicyclic) bond motifs is 2. The van der Waals surface area contributed by atoms with Crippen molar-refractivity contribution in [2.75, 3.05) is 19.6 Å². The molecule has 3 atom stereocenters. The van der Waals surface area contributed by atoms with Gasteiger partial charge in [-0.1, -0.05) is 0 Å². The molecule has 0 radical (unpaired) electrons. The molecule has 0 N–H and O–H groups in total. The maximum Gasteiger partial charge on any atom is 0.194 e. The molecule has 76 valence electrons. The van der Waals surface area contributed by atoms with Gasteiger partial charge in [-0.3, -0.25) is 0 Å². The van der Waals surface area contributed by atoms with Crippen LogP contribution in [0.5, 0.6) is 0 Å². The smallest absolute Gasteiger partial charge is 0.194 e. The Bertz CT molecular complexity index is 334. The average Bonchev–Trinajstić information content (AvgIpc) is 2.82. The molecule has 0 amide bonds. The van der Waals surface area contributed by atoms with E-state index in [1.165, 1.54) is 26.1 Å². The number of aromatic nitrogens is 1. The minimum absolute atomic E-state index is 0.793. The van der Waals surface area contributed by atoms with Gasteiger partial charge in [0.05, 0.1) is 6.20 Å². The summed E-state index contributed by atoms with van der Waals surface area (Å²) in [6.07, 6.45) is 4.24. The molecule has 1 aromatic rings. The predicted octanol–water partition coefficient (Wildman–Crippen LogP) is 1.48.